The molecule has 1 atom stereocenters. The minimum atomic E-state index is -0.462. The number of hydrogen-bond acceptors (Lipinski definition) is 4. The van der Waals surface area contributed by atoms with Gasteiger partial charge >= 0.3 is 5.97 Å². The molecule has 0 aliphatic heterocycles. The molecule has 0 radical (unpaired) electrons. The van der Waals surface area contributed by atoms with Crippen molar-refractivity contribution in [3.05, 3.63) is 28.8 Å². The topological polar surface area (TPSA) is 62.1 Å². The highest BCUT2D eigenvalue weighted by Gasteiger charge is 2.19. The molecule has 1 rings (SSSR count). The fourth-order valence-corrected chi connectivity index (χ4v) is 1.87. The van der Waals surface area contributed by atoms with Crippen LogP contribution in [0.4, 0.5) is 5.69 Å². The number of esters is 1. The first-order valence-electron chi connectivity index (χ1n) is 6.25. The van der Waals surface area contributed by atoms with Crippen LogP contribution in [-0.4, -0.2) is 18.6 Å². The maximum Gasteiger partial charge on any atom is 0.328 e. The van der Waals surface area contributed by atoms with Gasteiger partial charge in [-0.1, -0.05) is 24.9 Å². The van der Waals surface area contributed by atoms with Crippen LogP contribution in [0, 0.1) is 11.3 Å². The molecule has 0 aliphatic rings. The monoisotopic (exact) mass is 280 g/mol. The largest absolute Gasteiger partial charge is 0.464 e. The van der Waals surface area contributed by atoms with Crippen LogP contribution in [0.5, 0.6) is 0 Å². The lowest BCUT2D eigenvalue weighted by atomic mass is 10.1. The quantitative estimate of drug-likeness (QED) is 0.812. The van der Waals surface area contributed by atoms with Crippen molar-refractivity contribution in [1.82, 2.24) is 0 Å². The third-order valence-electron chi connectivity index (χ3n) is 2.58. The zero-order chi connectivity index (χ0) is 14.3. The Hall–Kier alpha value is -1.73. The van der Waals surface area contributed by atoms with Crippen LogP contribution in [0.2, 0.25) is 5.02 Å². The number of rotatable bonds is 6. The first kappa shape index (κ1) is 15.3. The van der Waals surface area contributed by atoms with Crippen LogP contribution in [-0.2, 0) is 9.53 Å². The molecule has 0 fully saturated rings. The summed E-state index contributed by atoms with van der Waals surface area (Å²) < 4.78 is 5.02. The van der Waals surface area contributed by atoms with Gasteiger partial charge in [0, 0.05) is 5.02 Å². The van der Waals surface area contributed by atoms with E-state index in [0.29, 0.717) is 29.3 Å². The molecule has 0 amide bonds. The number of nitrogens with one attached hydrogen (secondary N) is 1. The number of anilines is 1. The molecule has 102 valence electrons. The van der Waals surface area contributed by atoms with Crippen LogP contribution in [0.15, 0.2) is 18.2 Å². The summed E-state index contributed by atoms with van der Waals surface area (Å²) in [5.74, 6) is -0.312. The lowest BCUT2D eigenvalue weighted by molar-refractivity contribution is -0.144. The molecular formula is C14H17ClN2O2. The van der Waals surface area contributed by atoms with Crippen molar-refractivity contribution >= 4 is 23.3 Å². The molecule has 0 saturated carbocycles. The van der Waals surface area contributed by atoms with E-state index in [0.717, 1.165) is 6.42 Å². The second-order valence-electron chi connectivity index (χ2n) is 4.04. The Morgan fingerprint density at radius 1 is 1.53 bits per heavy atom. The predicted octanol–water partition coefficient (Wildman–Crippen LogP) is 3.36. The number of hydrogen-bond donors (Lipinski definition) is 1. The summed E-state index contributed by atoms with van der Waals surface area (Å²) in [6.07, 6.45) is 1.47. The first-order chi connectivity index (χ1) is 9.12. The van der Waals surface area contributed by atoms with Gasteiger partial charge in [-0.05, 0) is 31.5 Å². The number of halogens is 1. The number of nitriles is 1. The lowest BCUT2D eigenvalue weighted by Crippen LogP contribution is -2.31. The fourth-order valence-electron chi connectivity index (χ4n) is 1.70. The zero-order valence-corrected chi connectivity index (χ0v) is 11.8. The number of nitrogens with zero attached hydrogens (tertiary/aromatic N) is 1. The average molecular weight is 281 g/mol. The van der Waals surface area contributed by atoms with E-state index in [1.165, 1.54) is 0 Å². The number of ether oxygens (including phenoxy) is 1. The smallest absolute Gasteiger partial charge is 0.328 e. The van der Waals surface area contributed by atoms with E-state index in [1.807, 2.05) is 6.92 Å². The van der Waals surface area contributed by atoms with Crippen molar-refractivity contribution in [1.29, 1.82) is 5.26 Å². The van der Waals surface area contributed by atoms with Crippen molar-refractivity contribution in [2.45, 2.75) is 32.7 Å². The molecule has 0 saturated heterocycles. The van der Waals surface area contributed by atoms with Crippen molar-refractivity contribution < 1.29 is 9.53 Å². The molecule has 19 heavy (non-hydrogen) atoms. The summed E-state index contributed by atoms with van der Waals surface area (Å²) in [6, 6.07) is 6.51. The maximum atomic E-state index is 11.8. The Morgan fingerprint density at radius 2 is 2.26 bits per heavy atom. The minimum absolute atomic E-state index is 0.312. The van der Waals surface area contributed by atoms with Gasteiger partial charge in [0.25, 0.3) is 0 Å². The molecular weight excluding hydrogens is 264 g/mol. The predicted molar refractivity (Wildman–Crippen MR) is 75.1 cm³/mol. The first-order valence-corrected chi connectivity index (χ1v) is 6.63. The van der Waals surface area contributed by atoms with Crippen LogP contribution in [0.25, 0.3) is 0 Å². The zero-order valence-electron chi connectivity index (χ0n) is 11.1. The maximum absolute atomic E-state index is 11.8. The molecule has 1 aromatic carbocycles. The SMILES string of the molecule is CCCC(Nc1cc(Cl)ccc1C#N)C(=O)OCC. The van der Waals surface area contributed by atoms with E-state index in [9.17, 15) is 4.79 Å². The van der Waals surface area contributed by atoms with E-state index < -0.39 is 6.04 Å². The number of carbonyl (C=O) groups is 1. The molecule has 5 heteroatoms. The lowest BCUT2D eigenvalue weighted by Gasteiger charge is -2.18. The number of benzene rings is 1. The van der Waals surface area contributed by atoms with Gasteiger partial charge in [0.05, 0.1) is 17.9 Å². The van der Waals surface area contributed by atoms with Crippen LogP contribution in [0.3, 0.4) is 0 Å². The molecule has 0 aromatic heterocycles. The summed E-state index contributed by atoms with van der Waals surface area (Å²) in [4.78, 5) is 11.8. The third kappa shape index (κ3) is 4.46. The molecule has 0 heterocycles. The average Bonchev–Trinajstić information content (AvgIpc) is 2.39. The third-order valence-corrected chi connectivity index (χ3v) is 2.82. The van der Waals surface area contributed by atoms with E-state index in [2.05, 4.69) is 11.4 Å². The van der Waals surface area contributed by atoms with Gasteiger partial charge in [-0.25, -0.2) is 4.79 Å². The Kier molecular flexibility index (Phi) is 6.17. The fraction of sp³-hybridized carbons (Fsp3) is 0.429. The molecule has 1 unspecified atom stereocenters. The van der Waals surface area contributed by atoms with E-state index >= 15 is 0 Å². The van der Waals surface area contributed by atoms with Crippen molar-refractivity contribution in [2.75, 3.05) is 11.9 Å². The molecule has 0 spiro atoms. The normalized spacial score (nSPS) is 11.5. The van der Waals surface area contributed by atoms with E-state index in [-0.39, 0.29) is 5.97 Å². The van der Waals surface area contributed by atoms with Crippen LogP contribution in [0.1, 0.15) is 32.3 Å². The van der Waals surface area contributed by atoms with Crippen LogP contribution >= 0.6 is 11.6 Å². The second-order valence-corrected chi connectivity index (χ2v) is 4.48. The van der Waals surface area contributed by atoms with Crippen molar-refractivity contribution in [3.63, 3.8) is 0 Å². The summed E-state index contributed by atoms with van der Waals surface area (Å²) in [5.41, 5.74) is 1.01. The van der Waals surface area contributed by atoms with Gasteiger partial charge in [0.1, 0.15) is 12.1 Å². The second kappa shape index (κ2) is 7.65. The minimum Gasteiger partial charge on any atom is -0.464 e. The summed E-state index contributed by atoms with van der Waals surface area (Å²) >= 11 is 5.91. The highest BCUT2D eigenvalue weighted by atomic mass is 35.5. The highest BCUT2D eigenvalue weighted by molar-refractivity contribution is 6.30. The van der Waals surface area contributed by atoms with Gasteiger partial charge in [0.2, 0.25) is 0 Å². The van der Waals surface area contributed by atoms with E-state index in [1.54, 1.807) is 25.1 Å². The molecule has 0 aliphatic carbocycles. The van der Waals surface area contributed by atoms with Gasteiger partial charge in [-0.2, -0.15) is 5.26 Å². The highest BCUT2D eigenvalue weighted by Crippen LogP contribution is 2.22. The molecule has 1 N–H and O–H groups in total. The van der Waals surface area contributed by atoms with E-state index in [4.69, 9.17) is 21.6 Å². The molecule has 4 nitrogen and oxygen atoms in total. The van der Waals surface area contributed by atoms with Crippen molar-refractivity contribution in [3.8, 4) is 6.07 Å². The van der Waals surface area contributed by atoms with Crippen molar-refractivity contribution in [2.24, 2.45) is 0 Å². The Morgan fingerprint density at radius 3 is 2.84 bits per heavy atom. The summed E-state index contributed by atoms with van der Waals surface area (Å²) in [5, 5.41) is 12.6. The molecule has 1 aromatic rings. The van der Waals surface area contributed by atoms with Crippen LogP contribution < -0.4 is 5.32 Å². The summed E-state index contributed by atoms with van der Waals surface area (Å²) in [6.45, 7) is 4.08. The molecule has 0 bridgehead atoms. The van der Waals surface area contributed by atoms with Gasteiger partial charge in [-0.15, -0.1) is 0 Å². The Bertz CT molecular complexity index is 483. The van der Waals surface area contributed by atoms with Gasteiger partial charge in [-0.3, -0.25) is 0 Å². The van der Waals surface area contributed by atoms with Gasteiger partial charge < -0.3 is 10.1 Å². The Labute approximate surface area is 118 Å². The Balaban J connectivity index is 2.93. The summed E-state index contributed by atoms with van der Waals surface area (Å²) in [7, 11) is 0. The van der Waals surface area contributed by atoms with Gasteiger partial charge in [0.15, 0.2) is 0 Å². The standard InChI is InChI=1S/C14H17ClN2O2/c1-3-5-12(14(18)19-4-2)17-13-8-11(15)7-6-10(13)9-16/h6-8,12,17H,3-5H2,1-2H3. The number of carbonyl (C=O) groups excluding carboxylic acids is 1.